The fourth-order valence-electron chi connectivity index (χ4n) is 1.20. The number of aliphatic imine (C=N–C) groups is 1. The Morgan fingerprint density at radius 3 is 2.59 bits per heavy atom. The summed E-state index contributed by atoms with van der Waals surface area (Å²) >= 11 is 12.1. The summed E-state index contributed by atoms with van der Waals surface area (Å²) in [5, 5.41) is 4.17. The van der Waals surface area contributed by atoms with Crippen LogP contribution in [0, 0.1) is 12.8 Å². The van der Waals surface area contributed by atoms with Gasteiger partial charge in [0.1, 0.15) is 0 Å². The number of hydrogen-bond donors (Lipinski definition) is 2. The number of aryl methyl sites for hydroxylation is 1. The van der Waals surface area contributed by atoms with E-state index in [4.69, 9.17) is 28.9 Å². The monoisotopic (exact) mass is 273 g/mol. The molecule has 0 unspecified atom stereocenters. The molecule has 0 aliphatic carbocycles. The highest BCUT2D eigenvalue weighted by molar-refractivity contribution is 6.36. The molecular weight excluding hydrogens is 257 g/mol. The van der Waals surface area contributed by atoms with E-state index in [1.54, 1.807) is 12.1 Å². The number of rotatable bonds is 3. The molecule has 1 aromatic carbocycles. The zero-order chi connectivity index (χ0) is 13.0. The molecule has 3 nitrogen and oxygen atoms in total. The van der Waals surface area contributed by atoms with E-state index >= 15 is 0 Å². The maximum absolute atomic E-state index is 6.08. The van der Waals surface area contributed by atoms with Crippen molar-refractivity contribution in [3.05, 3.63) is 27.7 Å². The molecule has 0 radical (unpaired) electrons. The minimum absolute atomic E-state index is 0.348. The van der Waals surface area contributed by atoms with E-state index < -0.39 is 0 Å². The van der Waals surface area contributed by atoms with Gasteiger partial charge in [0.2, 0.25) is 0 Å². The van der Waals surface area contributed by atoms with Crippen molar-refractivity contribution in [3.63, 3.8) is 0 Å². The van der Waals surface area contributed by atoms with Crippen LogP contribution in [0.5, 0.6) is 0 Å². The molecule has 0 amide bonds. The molecule has 1 rings (SSSR count). The van der Waals surface area contributed by atoms with E-state index in [-0.39, 0.29) is 0 Å². The van der Waals surface area contributed by atoms with Crippen LogP contribution in [-0.2, 0) is 0 Å². The Balaban J connectivity index is 2.81. The van der Waals surface area contributed by atoms with Gasteiger partial charge in [0.15, 0.2) is 5.96 Å². The third-order valence-electron chi connectivity index (χ3n) is 2.14. The Bertz CT molecular complexity index is 428. The predicted molar refractivity (Wildman–Crippen MR) is 76.1 cm³/mol. The second-order valence-electron chi connectivity index (χ2n) is 4.33. The summed E-state index contributed by atoms with van der Waals surface area (Å²) in [6, 6.07) is 3.54. The topological polar surface area (TPSA) is 50.4 Å². The van der Waals surface area contributed by atoms with Gasteiger partial charge in [0.25, 0.3) is 0 Å². The first-order chi connectivity index (χ1) is 7.90. The SMILES string of the molecule is Cc1cc(Cl)c(NC(N)=NCC(C)C)cc1Cl. The normalized spacial score (nSPS) is 12.0. The minimum Gasteiger partial charge on any atom is -0.370 e. The lowest BCUT2D eigenvalue weighted by atomic mass is 10.2. The Kier molecular flexibility index (Phi) is 5.09. The molecule has 0 bridgehead atoms. The highest BCUT2D eigenvalue weighted by atomic mass is 35.5. The van der Waals surface area contributed by atoms with Crippen molar-refractivity contribution >= 4 is 34.8 Å². The van der Waals surface area contributed by atoms with Crippen LogP contribution in [0.1, 0.15) is 19.4 Å². The molecule has 0 heterocycles. The second kappa shape index (κ2) is 6.12. The molecular formula is C12H17Cl2N3. The molecule has 0 aliphatic heterocycles. The van der Waals surface area contributed by atoms with Crippen molar-refractivity contribution < 1.29 is 0 Å². The second-order valence-corrected chi connectivity index (χ2v) is 5.14. The van der Waals surface area contributed by atoms with Crippen LogP contribution in [0.15, 0.2) is 17.1 Å². The van der Waals surface area contributed by atoms with Gasteiger partial charge in [-0.15, -0.1) is 0 Å². The van der Waals surface area contributed by atoms with E-state index in [1.807, 2.05) is 6.92 Å². The number of anilines is 1. The van der Waals surface area contributed by atoms with Gasteiger partial charge in [-0.3, -0.25) is 4.99 Å². The molecule has 5 heteroatoms. The summed E-state index contributed by atoms with van der Waals surface area (Å²) in [5.74, 6) is 0.813. The van der Waals surface area contributed by atoms with Gasteiger partial charge in [0, 0.05) is 11.6 Å². The van der Waals surface area contributed by atoms with Gasteiger partial charge in [-0.25, -0.2) is 0 Å². The quantitative estimate of drug-likeness (QED) is 0.652. The van der Waals surface area contributed by atoms with E-state index in [9.17, 15) is 0 Å². The minimum atomic E-state index is 0.348. The van der Waals surface area contributed by atoms with E-state index in [1.165, 1.54) is 0 Å². The van der Waals surface area contributed by atoms with Crippen molar-refractivity contribution in [1.29, 1.82) is 0 Å². The average molecular weight is 274 g/mol. The highest BCUT2D eigenvalue weighted by Gasteiger charge is 2.05. The van der Waals surface area contributed by atoms with Gasteiger partial charge >= 0.3 is 0 Å². The highest BCUT2D eigenvalue weighted by Crippen LogP contribution is 2.28. The fraction of sp³-hybridized carbons (Fsp3) is 0.417. The Hall–Kier alpha value is -0.930. The molecule has 3 N–H and O–H groups in total. The zero-order valence-electron chi connectivity index (χ0n) is 10.2. The van der Waals surface area contributed by atoms with Crippen LogP contribution < -0.4 is 11.1 Å². The van der Waals surface area contributed by atoms with Gasteiger partial charge in [-0.1, -0.05) is 37.0 Å². The number of guanidine groups is 1. The molecule has 17 heavy (non-hydrogen) atoms. The molecule has 0 spiro atoms. The number of nitrogens with two attached hydrogens (primary N) is 1. The summed E-state index contributed by atoms with van der Waals surface area (Å²) in [6.45, 7) is 6.73. The van der Waals surface area contributed by atoms with E-state index in [2.05, 4.69) is 24.2 Å². The molecule has 0 atom stereocenters. The van der Waals surface area contributed by atoms with Gasteiger partial charge < -0.3 is 11.1 Å². The van der Waals surface area contributed by atoms with Crippen LogP contribution in [0.2, 0.25) is 10.0 Å². The predicted octanol–water partition coefficient (Wildman–Crippen LogP) is 3.68. The van der Waals surface area contributed by atoms with Crippen molar-refractivity contribution in [2.24, 2.45) is 16.6 Å². The molecule has 0 saturated heterocycles. The van der Waals surface area contributed by atoms with Gasteiger partial charge in [-0.2, -0.15) is 0 Å². The summed E-state index contributed by atoms with van der Waals surface area (Å²) in [6.07, 6.45) is 0. The van der Waals surface area contributed by atoms with Crippen LogP contribution >= 0.6 is 23.2 Å². The zero-order valence-corrected chi connectivity index (χ0v) is 11.7. The lowest BCUT2D eigenvalue weighted by molar-refractivity contribution is 0.665. The number of nitrogens with one attached hydrogen (secondary N) is 1. The third-order valence-corrected chi connectivity index (χ3v) is 2.86. The molecule has 94 valence electrons. The fourth-order valence-corrected chi connectivity index (χ4v) is 1.63. The first-order valence-corrected chi connectivity index (χ1v) is 6.18. The van der Waals surface area contributed by atoms with Crippen LogP contribution in [-0.4, -0.2) is 12.5 Å². The number of nitrogens with zero attached hydrogens (tertiary/aromatic N) is 1. The number of benzene rings is 1. The molecule has 1 aromatic rings. The maximum Gasteiger partial charge on any atom is 0.193 e. The number of hydrogen-bond acceptors (Lipinski definition) is 1. The van der Waals surface area contributed by atoms with Crippen LogP contribution in [0.3, 0.4) is 0 Å². The Morgan fingerprint density at radius 1 is 1.35 bits per heavy atom. The standard InChI is InChI=1S/C12H17Cl2N3/c1-7(2)6-16-12(15)17-11-5-9(13)8(3)4-10(11)14/h4-5,7H,6H2,1-3H3,(H3,15,16,17). The van der Waals surface area contributed by atoms with Crippen molar-refractivity contribution in [3.8, 4) is 0 Å². The van der Waals surface area contributed by atoms with Crippen molar-refractivity contribution in [2.45, 2.75) is 20.8 Å². The maximum atomic E-state index is 6.08. The van der Waals surface area contributed by atoms with E-state index in [0.717, 1.165) is 5.56 Å². The summed E-state index contributed by atoms with van der Waals surface area (Å²) in [5.41, 5.74) is 7.35. The van der Waals surface area contributed by atoms with Gasteiger partial charge in [0.05, 0.1) is 10.7 Å². The average Bonchev–Trinajstić information content (AvgIpc) is 2.23. The first kappa shape index (κ1) is 14.1. The molecule has 0 saturated carbocycles. The molecule has 0 aliphatic rings. The van der Waals surface area contributed by atoms with Crippen molar-refractivity contribution in [1.82, 2.24) is 0 Å². The lowest BCUT2D eigenvalue weighted by Crippen LogP contribution is -2.23. The molecule has 0 aromatic heterocycles. The smallest absolute Gasteiger partial charge is 0.193 e. The van der Waals surface area contributed by atoms with Crippen LogP contribution in [0.4, 0.5) is 5.69 Å². The molecule has 0 fully saturated rings. The van der Waals surface area contributed by atoms with E-state index in [0.29, 0.717) is 34.2 Å². The van der Waals surface area contributed by atoms with Crippen LogP contribution in [0.25, 0.3) is 0 Å². The Labute approximate surface area is 112 Å². The lowest BCUT2D eigenvalue weighted by Gasteiger charge is -2.10. The largest absolute Gasteiger partial charge is 0.370 e. The third kappa shape index (κ3) is 4.44. The first-order valence-electron chi connectivity index (χ1n) is 5.42. The van der Waals surface area contributed by atoms with Crippen molar-refractivity contribution in [2.75, 3.05) is 11.9 Å². The summed E-state index contributed by atoms with van der Waals surface area (Å²) in [7, 11) is 0. The van der Waals surface area contributed by atoms with Gasteiger partial charge in [-0.05, 0) is 30.5 Å². The summed E-state index contributed by atoms with van der Waals surface area (Å²) < 4.78 is 0. The number of halogens is 2. The summed E-state index contributed by atoms with van der Waals surface area (Å²) in [4.78, 5) is 4.19. The Morgan fingerprint density at radius 2 is 2.00 bits per heavy atom.